The van der Waals surface area contributed by atoms with E-state index in [1.54, 1.807) is 35.3 Å². The molecule has 8 nitrogen and oxygen atoms in total. The Morgan fingerprint density at radius 3 is 3.05 bits per heavy atom. The van der Waals surface area contributed by atoms with Crippen LogP contribution in [0.25, 0.3) is 5.65 Å². The first-order valence-electron chi connectivity index (χ1n) is 6.02. The molecule has 2 aromatic heterocycles. The number of nitrogens with one attached hydrogen (secondary N) is 1. The van der Waals surface area contributed by atoms with E-state index >= 15 is 0 Å². The molecule has 2 heterocycles. The Morgan fingerprint density at radius 1 is 1.43 bits per heavy atom. The summed E-state index contributed by atoms with van der Waals surface area (Å²) in [5.74, 6) is -0.267. The van der Waals surface area contributed by atoms with Gasteiger partial charge in [0.2, 0.25) is 5.65 Å². The number of carboxylic acids is 1. The van der Waals surface area contributed by atoms with E-state index < -0.39 is 5.97 Å². The highest BCUT2D eigenvalue weighted by atomic mass is 16.5. The SMILES string of the molecule is COc1cc(Nc2nccn3cnnc23)ccc1C(=O)O. The number of nitrogens with zero attached hydrogens (tertiary/aromatic N) is 4. The number of rotatable bonds is 4. The number of hydrogen-bond acceptors (Lipinski definition) is 6. The molecule has 0 aliphatic carbocycles. The number of methoxy groups -OCH3 is 1. The summed E-state index contributed by atoms with van der Waals surface area (Å²) in [4.78, 5) is 15.3. The van der Waals surface area contributed by atoms with Crippen LogP contribution in [-0.4, -0.2) is 37.8 Å². The van der Waals surface area contributed by atoms with E-state index in [1.165, 1.54) is 13.2 Å². The van der Waals surface area contributed by atoms with Crippen LogP contribution >= 0.6 is 0 Å². The fraction of sp³-hybridized carbons (Fsp3) is 0.0769. The molecule has 106 valence electrons. The molecule has 0 saturated carbocycles. The molecule has 3 rings (SSSR count). The quantitative estimate of drug-likeness (QED) is 0.750. The van der Waals surface area contributed by atoms with E-state index in [-0.39, 0.29) is 11.3 Å². The molecule has 0 saturated heterocycles. The average molecular weight is 285 g/mol. The molecule has 0 amide bonds. The first-order chi connectivity index (χ1) is 10.2. The molecule has 0 atom stereocenters. The van der Waals surface area contributed by atoms with Gasteiger partial charge in [-0.3, -0.25) is 4.40 Å². The standard InChI is InChI=1S/C13H11N5O3/c1-21-10-6-8(2-3-9(10)13(19)20)16-11-12-17-15-7-18(12)5-4-14-11/h2-7H,1H3,(H,14,16)(H,19,20). The molecule has 0 aliphatic rings. The number of fused-ring (bicyclic) bond motifs is 1. The predicted molar refractivity (Wildman–Crippen MR) is 74.0 cm³/mol. The van der Waals surface area contributed by atoms with E-state index in [0.717, 1.165) is 0 Å². The van der Waals surface area contributed by atoms with Gasteiger partial charge in [-0.1, -0.05) is 0 Å². The van der Waals surface area contributed by atoms with Gasteiger partial charge in [0, 0.05) is 24.1 Å². The van der Waals surface area contributed by atoms with Gasteiger partial charge in [0.25, 0.3) is 0 Å². The minimum Gasteiger partial charge on any atom is -0.496 e. The number of aromatic carboxylic acids is 1. The van der Waals surface area contributed by atoms with Crippen LogP contribution in [0.2, 0.25) is 0 Å². The van der Waals surface area contributed by atoms with Crippen molar-refractivity contribution in [2.45, 2.75) is 0 Å². The highest BCUT2D eigenvalue weighted by molar-refractivity contribution is 5.91. The molecule has 0 unspecified atom stereocenters. The fourth-order valence-corrected chi connectivity index (χ4v) is 1.93. The van der Waals surface area contributed by atoms with E-state index in [1.807, 2.05) is 0 Å². The topological polar surface area (TPSA) is 102 Å². The molecule has 0 aliphatic heterocycles. The summed E-state index contributed by atoms with van der Waals surface area (Å²) in [6, 6.07) is 4.69. The van der Waals surface area contributed by atoms with Crippen molar-refractivity contribution in [2.75, 3.05) is 12.4 Å². The lowest BCUT2D eigenvalue weighted by atomic mass is 10.2. The summed E-state index contributed by atoms with van der Waals surface area (Å²) >= 11 is 0. The van der Waals surface area contributed by atoms with Crippen LogP contribution in [0.3, 0.4) is 0 Å². The molecule has 21 heavy (non-hydrogen) atoms. The zero-order chi connectivity index (χ0) is 14.8. The summed E-state index contributed by atoms with van der Waals surface area (Å²) < 4.78 is 6.80. The van der Waals surface area contributed by atoms with Gasteiger partial charge in [-0.25, -0.2) is 9.78 Å². The lowest BCUT2D eigenvalue weighted by Crippen LogP contribution is -2.02. The number of carbonyl (C=O) groups is 1. The first-order valence-corrected chi connectivity index (χ1v) is 6.02. The van der Waals surface area contributed by atoms with Gasteiger partial charge in [0.15, 0.2) is 5.82 Å². The number of aromatic nitrogens is 4. The number of carboxylic acid groups (broad SMARTS) is 1. The zero-order valence-corrected chi connectivity index (χ0v) is 11.0. The van der Waals surface area contributed by atoms with Crippen LogP contribution in [0.15, 0.2) is 36.9 Å². The molecule has 8 heteroatoms. The average Bonchev–Trinajstić information content (AvgIpc) is 2.96. The molecule has 1 aromatic carbocycles. The molecule has 0 radical (unpaired) electrons. The summed E-state index contributed by atoms with van der Waals surface area (Å²) in [6.07, 6.45) is 4.91. The van der Waals surface area contributed by atoms with E-state index in [2.05, 4.69) is 20.5 Å². The van der Waals surface area contributed by atoms with E-state index in [0.29, 0.717) is 17.2 Å². The maximum absolute atomic E-state index is 11.1. The molecular weight excluding hydrogens is 274 g/mol. The summed E-state index contributed by atoms with van der Waals surface area (Å²) in [5.41, 5.74) is 1.30. The highest BCUT2D eigenvalue weighted by Gasteiger charge is 2.12. The van der Waals surface area contributed by atoms with Gasteiger partial charge in [-0.05, 0) is 12.1 Å². The van der Waals surface area contributed by atoms with Crippen LogP contribution in [0.4, 0.5) is 11.5 Å². The normalized spacial score (nSPS) is 10.5. The van der Waals surface area contributed by atoms with Crippen molar-refractivity contribution in [3.63, 3.8) is 0 Å². The predicted octanol–water partition coefficient (Wildman–Crippen LogP) is 1.57. The van der Waals surface area contributed by atoms with E-state index in [4.69, 9.17) is 9.84 Å². The number of ether oxygens (including phenoxy) is 1. The molecule has 0 bridgehead atoms. The lowest BCUT2D eigenvalue weighted by molar-refractivity contribution is 0.0693. The van der Waals surface area contributed by atoms with Crippen LogP contribution in [0.1, 0.15) is 10.4 Å². The van der Waals surface area contributed by atoms with Crippen LogP contribution < -0.4 is 10.1 Å². The number of benzene rings is 1. The zero-order valence-electron chi connectivity index (χ0n) is 11.0. The molecule has 0 fully saturated rings. The van der Waals surface area contributed by atoms with Crippen molar-refractivity contribution in [1.82, 2.24) is 19.6 Å². The fourth-order valence-electron chi connectivity index (χ4n) is 1.93. The maximum atomic E-state index is 11.1. The number of anilines is 2. The minimum absolute atomic E-state index is 0.0942. The van der Waals surface area contributed by atoms with Crippen molar-refractivity contribution >= 4 is 23.1 Å². The first kappa shape index (κ1) is 12.9. The Bertz CT molecular complexity index is 814. The highest BCUT2D eigenvalue weighted by Crippen LogP contribution is 2.25. The Labute approximate surface area is 119 Å². The van der Waals surface area contributed by atoms with Gasteiger partial charge in [0.1, 0.15) is 17.6 Å². The molecule has 2 N–H and O–H groups in total. The number of hydrogen-bond donors (Lipinski definition) is 2. The van der Waals surface area contributed by atoms with Crippen LogP contribution in [0.5, 0.6) is 5.75 Å². The van der Waals surface area contributed by atoms with Gasteiger partial charge in [0.05, 0.1) is 7.11 Å². The second-order valence-electron chi connectivity index (χ2n) is 4.18. The minimum atomic E-state index is -1.05. The third-order valence-electron chi connectivity index (χ3n) is 2.91. The van der Waals surface area contributed by atoms with Crippen molar-refractivity contribution in [3.8, 4) is 5.75 Å². The molecule has 3 aromatic rings. The van der Waals surface area contributed by atoms with Crippen LogP contribution in [-0.2, 0) is 0 Å². The Balaban J connectivity index is 1.98. The van der Waals surface area contributed by atoms with Gasteiger partial charge >= 0.3 is 5.97 Å². The lowest BCUT2D eigenvalue weighted by Gasteiger charge is -2.09. The third-order valence-corrected chi connectivity index (χ3v) is 2.91. The Kier molecular flexibility index (Phi) is 3.11. The molecular formula is C13H11N5O3. The van der Waals surface area contributed by atoms with Gasteiger partial charge in [-0.2, -0.15) is 0 Å². The summed E-state index contributed by atoms with van der Waals surface area (Å²) in [7, 11) is 1.42. The van der Waals surface area contributed by atoms with Gasteiger partial charge < -0.3 is 15.2 Å². The summed E-state index contributed by atoms with van der Waals surface area (Å²) in [6.45, 7) is 0. The summed E-state index contributed by atoms with van der Waals surface area (Å²) in [5, 5.41) is 19.9. The van der Waals surface area contributed by atoms with Crippen molar-refractivity contribution in [2.24, 2.45) is 0 Å². The van der Waals surface area contributed by atoms with Crippen LogP contribution in [0, 0.1) is 0 Å². The Hall–Kier alpha value is -3.16. The molecule has 0 spiro atoms. The van der Waals surface area contributed by atoms with Gasteiger partial charge in [-0.15, -0.1) is 10.2 Å². The largest absolute Gasteiger partial charge is 0.496 e. The van der Waals surface area contributed by atoms with E-state index in [9.17, 15) is 4.79 Å². The van der Waals surface area contributed by atoms with Crippen molar-refractivity contribution < 1.29 is 14.6 Å². The maximum Gasteiger partial charge on any atom is 0.339 e. The van der Waals surface area contributed by atoms with Crippen molar-refractivity contribution in [1.29, 1.82) is 0 Å². The smallest absolute Gasteiger partial charge is 0.339 e. The third kappa shape index (κ3) is 2.34. The second kappa shape index (κ2) is 5.08. The Morgan fingerprint density at radius 2 is 2.29 bits per heavy atom. The van der Waals surface area contributed by atoms with Crippen molar-refractivity contribution in [3.05, 3.63) is 42.5 Å². The monoisotopic (exact) mass is 285 g/mol. The second-order valence-corrected chi connectivity index (χ2v) is 4.18.